The zero-order valence-electron chi connectivity index (χ0n) is 7.94. The van der Waals surface area contributed by atoms with E-state index in [2.05, 4.69) is 6.92 Å². The van der Waals surface area contributed by atoms with Crippen molar-refractivity contribution in [2.24, 2.45) is 0 Å². The number of nitrogen functional groups attached to an aromatic ring is 2. The van der Waals surface area contributed by atoms with E-state index in [1.807, 2.05) is 19.9 Å². The monoisotopic (exact) mass is 164 g/mol. The van der Waals surface area contributed by atoms with E-state index >= 15 is 0 Å². The maximum Gasteiger partial charge on any atom is 0.0397 e. The quantitative estimate of drug-likeness (QED) is 0.624. The van der Waals surface area contributed by atoms with Gasteiger partial charge in [0.2, 0.25) is 0 Å². The van der Waals surface area contributed by atoms with Gasteiger partial charge in [-0.2, -0.15) is 0 Å². The van der Waals surface area contributed by atoms with Crippen LogP contribution in [0.2, 0.25) is 0 Å². The van der Waals surface area contributed by atoms with E-state index in [0.717, 1.165) is 34.5 Å². The molecule has 4 N–H and O–H groups in total. The van der Waals surface area contributed by atoms with Crippen LogP contribution in [0.15, 0.2) is 6.07 Å². The minimum atomic E-state index is 0.848. The Morgan fingerprint density at radius 2 is 1.50 bits per heavy atom. The third kappa shape index (κ3) is 1.24. The van der Waals surface area contributed by atoms with Gasteiger partial charge in [-0.05, 0) is 37.0 Å². The first kappa shape index (κ1) is 8.91. The summed E-state index contributed by atoms with van der Waals surface area (Å²) in [5.41, 5.74) is 16.8. The first-order valence-electron chi connectivity index (χ1n) is 4.22. The van der Waals surface area contributed by atoms with Gasteiger partial charge in [-0.1, -0.05) is 13.0 Å². The minimum Gasteiger partial charge on any atom is -0.398 e. The Hall–Kier alpha value is -1.18. The Labute approximate surface area is 73.6 Å². The average Bonchev–Trinajstić information content (AvgIpc) is 2.02. The van der Waals surface area contributed by atoms with Crippen LogP contribution in [0.4, 0.5) is 11.4 Å². The molecule has 0 saturated heterocycles. The summed E-state index contributed by atoms with van der Waals surface area (Å²) in [6, 6.07) is 2.03. The molecule has 0 aromatic heterocycles. The van der Waals surface area contributed by atoms with Crippen molar-refractivity contribution in [2.75, 3.05) is 11.5 Å². The molecule has 1 rings (SSSR count). The molecule has 0 aliphatic carbocycles. The predicted octanol–water partition coefficient (Wildman–Crippen LogP) is 2.03. The summed E-state index contributed by atoms with van der Waals surface area (Å²) in [4.78, 5) is 0. The lowest BCUT2D eigenvalue weighted by molar-refractivity contribution is 1.13. The summed E-state index contributed by atoms with van der Waals surface area (Å²) in [5.74, 6) is 0. The highest BCUT2D eigenvalue weighted by Gasteiger charge is 2.06. The Morgan fingerprint density at radius 3 is 1.83 bits per heavy atom. The van der Waals surface area contributed by atoms with Gasteiger partial charge in [-0.15, -0.1) is 0 Å². The number of benzene rings is 1. The molecule has 0 heterocycles. The number of hydrogen-bond donors (Lipinski definition) is 2. The summed E-state index contributed by atoms with van der Waals surface area (Å²) in [5, 5.41) is 0. The zero-order valence-corrected chi connectivity index (χ0v) is 7.94. The number of rotatable bonds is 1. The fraction of sp³-hybridized carbons (Fsp3) is 0.400. The molecule has 1 aromatic carbocycles. The van der Waals surface area contributed by atoms with Gasteiger partial charge < -0.3 is 11.5 Å². The molecule has 0 fully saturated rings. The molecular weight excluding hydrogens is 148 g/mol. The molecule has 2 heteroatoms. The average molecular weight is 164 g/mol. The maximum atomic E-state index is 5.88. The molecule has 0 saturated carbocycles. The number of hydrogen-bond acceptors (Lipinski definition) is 2. The Morgan fingerprint density at radius 1 is 1.08 bits per heavy atom. The predicted molar refractivity (Wildman–Crippen MR) is 54.1 cm³/mol. The van der Waals surface area contributed by atoms with E-state index in [9.17, 15) is 0 Å². The normalized spacial score (nSPS) is 10.2. The Kier molecular flexibility index (Phi) is 2.27. The van der Waals surface area contributed by atoms with Crippen LogP contribution in [0.1, 0.15) is 23.6 Å². The molecule has 66 valence electrons. The molecule has 12 heavy (non-hydrogen) atoms. The topological polar surface area (TPSA) is 52.0 Å². The third-order valence-corrected chi connectivity index (χ3v) is 2.29. The molecule has 0 radical (unpaired) electrons. The van der Waals surface area contributed by atoms with Crippen molar-refractivity contribution in [3.63, 3.8) is 0 Å². The SMILES string of the molecule is CCc1c(N)c(C)cc(C)c1N. The molecule has 0 amide bonds. The van der Waals surface area contributed by atoms with Gasteiger partial charge in [0.05, 0.1) is 0 Å². The van der Waals surface area contributed by atoms with Crippen LogP contribution in [0.3, 0.4) is 0 Å². The van der Waals surface area contributed by atoms with E-state index < -0.39 is 0 Å². The molecule has 0 atom stereocenters. The number of anilines is 2. The second-order valence-corrected chi connectivity index (χ2v) is 3.17. The van der Waals surface area contributed by atoms with Crippen LogP contribution in [0.25, 0.3) is 0 Å². The molecule has 2 nitrogen and oxygen atoms in total. The molecule has 0 aliphatic rings. The fourth-order valence-corrected chi connectivity index (χ4v) is 1.48. The highest BCUT2D eigenvalue weighted by atomic mass is 14.6. The Balaban J connectivity index is 3.42. The molecule has 0 aliphatic heterocycles. The van der Waals surface area contributed by atoms with Crippen molar-refractivity contribution < 1.29 is 0 Å². The highest BCUT2D eigenvalue weighted by molar-refractivity contribution is 5.68. The van der Waals surface area contributed by atoms with Gasteiger partial charge in [0.15, 0.2) is 0 Å². The number of aryl methyl sites for hydroxylation is 2. The summed E-state index contributed by atoms with van der Waals surface area (Å²) in [6.07, 6.45) is 0.903. The van der Waals surface area contributed by atoms with E-state index in [0.29, 0.717) is 0 Å². The fourth-order valence-electron chi connectivity index (χ4n) is 1.48. The maximum absolute atomic E-state index is 5.88. The molecular formula is C10H16N2. The first-order chi connectivity index (χ1) is 5.57. The second-order valence-electron chi connectivity index (χ2n) is 3.17. The van der Waals surface area contributed by atoms with Gasteiger partial charge in [-0.3, -0.25) is 0 Å². The standard InChI is InChI=1S/C10H16N2/c1-4-8-9(11)6(2)5-7(3)10(8)12/h5H,4,11-12H2,1-3H3. The van der Waals surface area contributed by atoms with Crippen LogP contribution < -0.4 is 11.5 Å². The summed E-state index contributed by atoms with van der Waals surface area (Å²) >= 11 is 0. The number of nitrogens with two attached hydrogens (primary N) is 2. The van der Waals surface area contributed by atoms with Crippen molar-refractivity contribution in [3.05, 3.63) is 22.8 Å². The van der Waals surface area contributed by atoms with Crippen LogP contribution in [0.5, 0.6) is 0 Å². The largest absolute Gasteiger partial charge is 0.398 e. The summed E-state index contributed by atoms with van der Waals surface area (Å²) < 4.78 is 0. The van der Waals surface area contributed by atoms with Crippen LogP contribution in [-0.2, 0) is 6.42 Å². The van der Waals surface area contributed by atoms with Gasteiger partial charge in [-0.25, -0.2) is 0 Å². The smallest absolute Gasteiger partial charge is 0.0397 e. The zero-order chi connectivity index (χ0) is 9.30. The van der Waals surface area contributed by atoms with Crippen LogP contribution in [-0.4, -0.2) is 0 Å². The van der Waals surface area contributed by atoms with Crippen molar-refractivity contribution in [1.82, 2.24) is 0 Å². The van der Waals surface area contributed by atoms with Gasteiger partial charge >= 0.3 is 0 Å². The lowest BCUT2D eigenvalue weighted by Gasteiger charge is -2.12. The van der Waals surface area contributed by atoms with Crippen molar-refractivity contribution in [2.45, 2.75) is 27.2 Å². The molecule has 0 unspecified atom stereocenters. The van der Waals surface area contributed by atoms with Gasteiger partial charge in [0.25, 0.3) is 0 Å². The van der Waals surface area contributed by atoms with Crippen molar-refractivity contribution >= 4 is 11.4 Å². The minimum absolute atomic E-state index is 0.848. The lowest BCUT2D eigenvalue weighted by Crippen LogP contribution is -2.03. The van der Waals surface area contributed by atoms with Crippen LogP contribution >= 0.6 is 0 Å². The Bertz CT molecular complexity index is 277. The summed E-state index contributed by atoms with van der Waals surface area (Å²) in [6.45, 7) is 6.10. The van der Waals surface area contributed by atoms with E-state index in [1.54, 1.807) is 0 Å². The highest BCUT2D eigenvalue weighted by Crippen LogP contribution is 2.27. The van der Waals surface area contributed by atoms with Gasteiger partial charge in [0.1, 0.15) is 0 Å². The van der Waals surface area contributed by atoms with E-state index in [-0.39, 0.29) is 0 Å². The van der Waals surface area contributed by atoms with E-state index in [4.69, 9.17) is 11.5 Å². The second kappa shape index (κ2) is 3.05. The molecule has 1 aromatic rings. The van der Waals surface area contributed by atoms with Crippen LogP contribution in [0, 0.1) is 13.8 Å². The van der Waals surface area contributed by atoms with Gasteiger partial charge in [0, 0.05) is 11.4 Å². The van der Waals surface area contributed by atoms with Crippen molar-refractivity contribution in [1.29, 1.82) is 0 Å². The molecule has 0 spiro atoms. The summed E-state index contributed by atoms with van der Waals surface area (Å²) in [7, 11) is 0. The first-order valence-corrected chi connectivity index (χ1v) is 4.22. The molecule has 0 bridgehead atoms. The third-order valence-electron chi connectivity index (χ3n) is 2.29. The van der Waals surface area contributed by atoms with Crippen molar-refractivity contribution in [3.8, 4) is 0 Å². The van der Waals surface area contributed by atoms with E-state index in [1.165, 1.54) is 0 Å². The lowest BCUT2D eigenvalue weighted by atomic mass is 10.00.